The number of carbonyl (C=O) groups is 1. The lowest BCUT2D eigenvalue weighted by Gasteiger charge is -2.16. The molecule has 5 nitrogen and oxygen atoms in total. The Morgan fingerprint density at radius 2 is 1.75 bits per heavy atom. The van der Waals surface area contributed by atoms with E-state index in [1.54, 1.807) is 12.3 Å². The highest BCUT2D eigenvalue weighted by Crippen LogP contribution is 2.25. The quantitative estimate of drug-likeness (QED) is 0.569. The second-order valence-corrected chi connectivity index (χ2v) is 6.62. The predicted molar refractivity (Wildman–Crippen MR) is 110 cm³/mol. The van der Waals surface area contributed by atoms with Crippen molar-refractivity contribution in [2.75, 3.05) is 0 Å². The number of nitrogens with one attached hydrogen (secondary N) is 2. The van der Waals surface area contributed by atoms with Gasteiger partial charge in [-0.25, -0.2) is 4.98 Å². The van der Waals surface area contributed by atoms with Gasteiger partial charge >= 0.3 is 0 Å². The highest BCUT2D eigenvalue weighted by Gasteiger charge is 2.16. The van der Waals surface area contributed by atoms with E-state index in [0.717, 1.165) is 27.7 Å². The SMILES string of the molecule is CC(NC(=O)c1cc(-c2ccccc2)nc2ccccc12)c1cc[nH]c(=O)c1. The third kappa shape index (κ3) is 3.55. The van der Waals surface area contributed by atoms with Crippen LogP contribution in [-0.4, -0.2) is 15.9 Å². The molecule has 0 spiro atoms. The van der Waals surface area contributed by atoms with Gasteiger partial charge < -0.3 is 10.3 Å². The van der Waals surface area contributed by atoms with Crippen molar-refractivity contribution < 1.29 is 4.79 Å². The van der Waals surface area contributed by atoms with E-state index in [2.05, 4.69) is 10.3 Å². The zero-order chi connectivity index (χ0) is 19.5. The fourth-order valence-corrected chi connectivity index (χ4v) is 3.21. The summed E-state index contributed by atoms with van der Waals surface area (Å²) < 4.78 is 0. The summed E-state index contributed by atoms with van der Waals surface area (Å²) in [5.41, 5.74) is 3.57. The molecule has 0 radical (unpaired) electrons. The van der Waals surface area contributed by atoms with Crippen molar-refractivity contribution in [3.63, 3.8) is 0 Å². The van der Waals surface area contributed by atoms with Crippen LogP contribution in [0.2, 0.25) is 0 Å². The zero-order valence-electron chi connectivity index (χ0n) is 15.3. The third-order valence-corrected chi connectivity index (χ3v) is 4.68. The number of nitrogens with zero attached hydrogens (tertiary/aromatic N) is 1. The average molecular weight is 369 g/mol. The molecule has 1 atom stereocenters. The van der Waals surface area contributed by atoms with Crippen LogP contribution in [0.15, 0.2) is 83.8 Å². The minimum atomic E-state index is -0.304. The maximum Gasteiger partial charge on any atom is 0.252 e. The van der Waals surface area contributed by atoms with Crippen LogP contribution in [0.25, 0.3) is 22.2 Å². The molecule has 1 unspecified atom stereocenters. The molecule has 0 aliphatic carbocycles. The van der Waals surface area contributed by atoms with Crippen LogP contribution in [0.4, 0.5) is 0 Å². The van der Waals surface area contributed by atoms with Crippen molar-refractivity contribution in [3.05, 3.63) is 100 Å². The van der Waals surface area contributed by atoms with Crippen LogP contribution >= 0.6 is 0 Å². The standard InChI is InChI=1S/C23H19N3O2/c1-15(17-11-12-24-22(27)13-17)25-23(28)19-14-21(16-7-3-2-4-8-16)26-20-10-6-5-9-18(19)20/h2-15H,1H3,(H,24,27)(H,25,28). The monoisotopic (exact) mass is 369 g/mol. The lowest BCUT2D eigenvalue weighted by Crippen LogP contribution is -2.27. The lowest BCUT2D eigenvalue weighted by atomic mass is 10.0. The summed E-state index contributed by atoms with van der Waals surface area (Å²) in [6.45, 7) is 1.86. The number of aromatic amines is 1. The van der Waals surface area contributed by atoms with E-state index in [1.807, 2.05) is 67.6 Å². The molecule has 0 aliphatic heterocycles. The van der Waals surface area contributed by atoms with Gasteiger partial charge in [-0.15, -0.1) is 0 Å². The molecule has 1 amide bonds. The molecule has 5 heteroatoms. The van der Waals surface area contributed by atoms with Crippen molar-refractivity contribution in [2.45, 2.75) is 13.0 Å². The highest BCUT2D eigenvalue weighted by molar-refractivity contribution is 6.07. The molecule has 0 bridgehead atoms. The van der Waals surface area contributed by atoms with Gasteiger partial charge in [-0.1, -0.05) is 48.5 Å². The Kier molecular flexibility index (Phi) is 4.72. The molecule has 138 valence electrons. The smallest absolute Gasteiger partial charge is 0.252 e. The Balaban J connectivity index is 1.74. The first-order valence-electron chi connectivity index (χ1n) is 9.06. The topological polar surface area (TPSA) is 74.8 Å². The summed E-state index contributed by atoms with van der Waals surface area (Å²) in [7, 11) is 0. The number of hydrogen-bond acceptors (Lipinski definition) is 3. The molecular formula is C23H19N3O2. The van der Waals surface area contributed by atoms with Gasteiger partial charge in [0.1, 0.15) is 0 Å². The van der Waals surface area contributed by atoms with Gasteiger partial charge in [-0.05, 0) is 30.7 Å². The van der Waals surface area contributed by atoms with Crippen molar-refractivity contribution in [2.24, 2.45) is 0 Å². The number of benzene rings is 2. The molecule has 2 aromatic heterocycles. The highest BCUT2D eigenvalue weighted by atomic mass is 16.1. The van der Waals surface area contributed by atoms with Crippen LogP contribution in [-0.2, 0) is 0 Å². The van der Waals surface area contributed by atoms with Crippen molar-refractivity contribution in [3.8, 4) is 11.3 Å². The second kappa shape index (κ2) is 7.48. The number of fused-ring (bicyclic) bond motifs is 1. The summed E-state index contributed by atoms with van der Waals surface area (Å²) in [5.74, 6) is -0.205. The number of aromatic nitrogens is 2. The molecule has 0 saturated heterocycles. The Bertz CT molecular complexity index is 1200. The van der Waals surface area contributed by atoms with Gasteiger partial charge in [0, 0.05) is 23.2 Å². The van der Waals surface area contributed by atoms with Crippen LogP contribution < -0.4 is 10.9 Å². The van der Waals surface area contributed by atoms with E-state index in [4.69, 9.17) is 4.98 Å². The normalized spacial score (nSPS) is 11.9. The first-order chi connectivity index (χ1) is 13.6. The molecule has 28 heavy (non-hydrogen) atoms. The number of hydrogen-bond donors (Lipinski definition) is 2. The summed E-state index contributed by atoms with van der Waals surface area (Å²) in [4.78, 5) is 31.9. The number of amides is 1. The van der Waals surface area contributed by atoms with E-state index in [-0.39, 0.29) is 17.5 Å². The fraction of sp³-hybridized carbons (Fsp3) is 0.0870. The fourth-order valence-electron chi connectivity index (χ4n) is 3.21. The molecule has 2 aromatic carbocycles. The average Bonchev–Trinajstić information content (AvgIpc) is 2.73. The largest absolute Gasteiger partial charge is 0.345 e. The van der Waals surface area contributed by atoms with Crippen LogP contribution in [0, 0.1) is 0 Å². The van der Waals surface area contributed by atoms with Gasteiger partial charge in [0.2, 0.25) is 5.56 Å². The van der Waals surface area contributed by atoms with Crippen molar-refractivity contribution in [1.29, 1.82) is 0 Å². The summed E-state index contributed by atoms with van der Waals surface area (Å²) in [6.07, 6.45) is 1.58. The minimum absolute atomic E-state index is 0.195. The third-order valence-electron chi connectivity index (χ3n) is 4.68. The van der Waals surface area contributed by atoms with E-state index in [0.29, 0.717) is 5.56 Å². The van der Waals surface area contributed by atoms with Crippen LogP contribution in [0.1, 0.15) is 28.9 Å². The Labute approximate surface area is 162 Å². The zero-order valence-corrected chi connectivity index (χ0v) is 15.3. The first kappa shape index (κ1) is 17.7. The molecule has 0 fully saturated rings. The molecule has 0 aliphatic rings. The minimum Gasteiger partial charge on any atom is -0.345 e. The number of carbonyl (C=O) groups excluding carboxylic acids is 1. The number of pyridine rings is 2. The van der Waals surface area contributed by atoms with E-state index in [9.17, 15) is 9.59 Å². The Morgan fingerprint density at radius 1 is 1.00 bits per heavy atom. The van der Waals surface area contributed by atoms with Gasteiger partial charge in [-0.2, -0.15) is 0 Å². The van der Waals surface area contributed by atoms with E-state index >= 15 is 0 Å². The summed E-state index contributed by atoms with van der Waals surface area (Å²) >= 11 is 0. The molecule has 4 aromatic rings. The Hall–Kier alpha value is -3.73. The lowest BCUT2D eigenvalue weighted by molar-refractivity contribution is 0.0941. The number of rotatable bonds is 4. The molecule has 2 heterocycles. The molecule has 0 saturated carbocycles. The first-order valence-corrected chi connectivity index (χ1v) is 9.06. The van der Waals surface area contributed by atoms with Gasteiger partial charge in [0.05, 0.1) is 22.8 Å². The van der Waals surface area contributed by atoms with E-state index in [1.165, 1.54) is 6.07 Å². The maximum atomic E-state index is 13.1. The van der Waals surface area contributed by atoms with Gasteiger partial charge in [0.25, 0.3) is 5.91 Å². The van der Waals surface area contributed by atoms with Crippen molar-refractivity contribution in [1.82, 2.24) is 15.3 Å². The maximum absolute atomic E-state index is 13.1. The number of H-pyrrole nitrogens is 1. The predicted octanol–water partition coefficient (Wildman–Crippen LogP) is 4.08. The van der Waals surface area contributed by atoms with Gasteiger partial charge in [-0.3, -0.25) is 9.59 Å². The van der Waals surface area contributed by atoms with Gasteiger partial charge in [0.15, 0.2) is 0 Å². The molecule has 2 N–H and O–H groups in total. The van der Waals surface area contributed by atoms with Crippen molar-refractivity contribution >= 4 is 16.8 Å². The summed E-state index contributed by atoms with van der Waals surface area (Å²) in [6, 6.07) is 22.2. The molecule has 4 rings (SSSR count). The Morgan fingerprint density at radius 3 is 2.54 bits per heavy atom. The van der Waals surface area contributed by atoms with Crippen LogP contribution in [0.5, 0.6) is 0 Å². The van der Waals surface area contributed by atoms with E-state index < -0.39 is 0 Å². The number of para-hydroxylation sites is 1. The summed E-state index contributed by atoms with van der Waals surface area (Å²) in [5, 5.41) is 3.78. The second-order valence-electron chi connectivity index (χ2n) is 6.62. The van der Waals surface area contributed by atoms with Crippen LogP contribution in [0.3, 0.4) is 0 Å². The molecular weight excluding hydrogens is 350 g/mol.